The van der Waals surface area contributed by atoms with Crippen LogP contribution in [-0.4, -0.2) is 27.3 Å². The molecule has 3 aromatic heterocycles. The standard InChI is InChI=1S/C30H32N4O3/c1-21(2)23-11-9-22(10-12-23)18-34(14-13-24-16-31-27-8-4-3-7-26(24)27)19-29-33-28(20-37-29)30(35)32-17-25-6-5-15-36-25/h3-12,15-16,20-21,31H,13-14,17-19H2,1-2H3,(H,32,35). The number of para-hydroxylation sites is 1. The number of fused-ring (bicyclic) bond motifs is 1. The lowest BCUT2D eigenvalue weighted by atomic mass is 10.0. The van der Waals surface area contributed by atoms with Crippen molar-refractivity contribution in [2.24, 2.45) is 0 Å². The topological polar surface area (TPSA) is 87.3 Å². The van der Waals surface area contributed by atoms with E-state index in [9.17, 15) is 4.79 Å². The van der Waals surface area contributed by atoms with Crippen LogP contribution in [0.3, 0.4) is 0 Å². The van der Waals surface area contributed by atoms with Crippen LogP contribution in [0, 0.1) is 0 Å². The fourth-order valence-electron chi connectivity index (χ4n) is 4.45. The third-order valence-corrected chi connectivity index (χ3v) is 6.57. The predicted octanol–water partition coefficient (Wildman–Crippen LogP) is 6.05. The van der Waals surface area contributed by atoms with Gasteiger partial charge >= 0.3 is 0 Å². The number of oxazole rings is 1. The molecule has 0 radical (unpaired) electrons. The van der Waals surface area contributed by atoms with E-state index in [0.717, 1.165) is 25.0 Å². The number of nitrogens with zero attached hydrogens (tertiary/aromatic N) is 2. The van der Waals surface area contributed by atoms with Crippen LogP contribution in [0.5, 0.6) is 0 Å². The summed E-state index contributed by atoms with van der Waals surface area (Å²) in [6.07, 6.45) is 5.97. The molecule has 0 unspecified atom stereocenters. The Labute approximate surface area is 216 Å². The zero-order chi connectivity index (χ0) is 25.6. The highest BCUT2D eigenvalue weighted by atomic mass is 16.3. The maximum atomic E-state index is 12.5. The van der Waals surface area contributed by atoms with E-state index < -0.39 is 0 Å². The third-order valence-electron chi connectivity index (χ3n) is 6.57. The Kier molecular flexibility index (Phi) is 7.51. The molecule has 2 N–H and O–H groups in total. The van der Waals surface area contributed by atoms with E-state index >= 15 is 0 Å². The molecule has 5 aromatic rings. The highest BCUT2D eigenvalue weighted by Gasteiger charge is 2.16. The van der Waals surface area contributed by atoms with Crippen LogP contribution in [0.2, 0.25) is 0 Å². The first-order valence-corrected chi connectivity index (χ1v) is 12.7. The number of amides is 1. The van der Waals surface area contributed by atoms with Gasteiger partial charge in [0.05, 0.1) is 19.4 Å². The molecule has 1 amide bonds. The van der Waals surface area contributed by atoms with E-state index in [-0.39, 0.29) is 11.6 Å². The molecule has 0 bridgehead atoms. The van der Waals surface area contributed by atoms with Crippen molar-refractivity contribution in [3.8, 4) is 0 Å². The van der Waals surface area contributed by atoms with E-state index in [2.05, 4.69) is 82.7 Å². The molecule has 0 aliphatic carbocycles. The van der Waals surface area contributed by atoms with E-state index in [1.54, 1.807) is 12.3 Å². The highest BCUT2D eigenvalue weighted by Crippen LogP contribution is 2.20. The number of aromatic amines is 1. The van der Waals surface area contributed by atoms with Crippen molar-refractivity contribution in [1.29, 1.82) is 0 Å². The Morgan fingerprint density at radius 3 is 2.65 bits per heavy atom. The second kappa shape index (κ2) is 11.3. The van der Waals surface area contributed by atoms with Gasteiger partial charge in [0.1, 0.15) is 12.0 Å². The van der Waals surface area contributed by atoms with Gasteiger partial charge in [-0.05, 0) is 47.2 Å². The smallest absolute Gasteiger partial charge is 0.273 e. The van der Waals surface area contributed by atoms with Gasteiger partial charge in [-0.15, -0.1) is 0 Å². The minimum Gasteiger partial charge on any atom is -0.467 e. The van der Waals surface area contributed by atoms with Crippen molar-refractivity contribution in [1.82, 2.24) is 20.2 Å². The molecule has 5 rings (SSSR count). The second-order valence-electron chi connectivity index (χ2n) is 9.60. The van der Waals surface area contributed by atoms with E-state index in [0.29, 0.717) is 30.7 Å². The lowest BCUT2D eigenvalue weighted by Gasteiger charge is -2.21. The Morgan fingerprint density at radius 2 is 1.86 bits per heavy atom. The molecule has 0 aliphatic heterocycles. The Balaban J connectivity index is 1.28. The number of nitrogens with one attached hydrogen (secondary N) is 2. The average molecular weight is 497 g/mol. The molecular formula is C30H32N4O3. The number of hydrogen-bond acceptors (Lipinski definition) is 5. The van der Waals surface area contributed by atoms with Gasteiger partial charge in [-0.25, -0.2) is 4.98 Å². The molecule has 0 saturated heterocycles. The van der Waals surface area contributed by atoms with Gasteiger partial charge in [0.2, 0.25) is 5.89 Å². The van der Waals surface area contributed by atoms with Crippen LogP contribution < -0.4 is 5.32 Å². The summed E-state index contributed by atoms with van der Waals surface area (Å²) in [6, 6.07) is 20.7. The Hall–Kier alpha value is -4.10. The molecule has 3 heterocycles. The molecule has 7 heteroatoms. The van der Waals surface area contributed by atoms with Crippen molar-refractivity contribution in [3.05, 3.63) is 113 Å². The molecule has 2 aromatic carbocycles. The van der Waals surface area contributed by atoms with Crippen molar-refractivity contribution >= 4 is 16.8 Å². The van der Waals surface area contributed by atoms with E-state index in [4.69, 9.17) is 8.83 Å². The highest BCUT2D eigenvalue weighted by molar-refractivity contribution is 5.91. The average Bonchev–Trinajstić information content (AvgIpc) is 3.68. The van der Waals surface area contributed by atoms with Crippen LogP contribution in [0.15, 0.2) is 88.2 Å². The first kappa shape index (κ1) is 24.6. The maximum absolute atomic E-state index is 12.5. The number of carbonyl (C=O) groups excluding carboxylic acids is 1. The molecule has 190 valence electrons. The normalized spacial score (nSPS) is 11.6. The van der Waals surface area contributed by atoms with Crippen LogP contribution >= 0.6 is 0 Å². The van der Waals surface area contributed by atoms with Crippen LogP contribution in [-0.2, 0) is 26.1 Å². The van der Waals surface area contributed by atoms with Gasteiger partial charge in [0, 0.05) is 30.2 Å². The quantitative estimate of drug-likeness (QED) is 0.233. The summed E-state index contributed by atoms with van der Waals surface area (Å²) in [5.41, 5.74) is 5.24. The molecule has 0 atom stereocenters. The molecule has 0 aliphatic rings. The zero-order valence-corrected chi connectivity index (χ0v) is 21.2. The Bertz CT molecular complexity index is 1430. The number of carbonyl (C=O) groups is 1. The number of furan rings is 1. The second-order valence-corrected chi connectivity index (χ2v) is 9.60. The minimum atomic E-state index is -0.291. The number of H-pyrrole nitrogens is 1. The molecule has 0 spiro atoms. The number of hydrogen-bond donors (Lipinski definition) is 2. The minimum absolute atomic E-state index is 0.263. The first-order valence-electron chi connectivity index (χ1n) is 12.7. The van der Waals surface area contributed by atoms with Gasteiger partial charge in [-0.1, -0.05) is 56.3 Å². The van der Waals surface area contributed by atoms with Gasteiger partial charge in [-0.2, -0.15) is 0 Å². The zero-order valence-electron chi connectivity index (χ0n) is 21.2. The van der Waals surface area contributed by atoms with Crippen molar-refractivity contribution in [2.75, 3.05) is 6.54 Å². The lowest BCUT2D eigenvalue weighted by molar-refractivity contribution is 0.0943. The number of benzene rings is 2. The summed E-state index contributed by atoms with van der Waals surface area (Å²) in [7, 11) is 0. The summed E-state index contributed by atoms with van der Waals surface area (Å²) < 4.78 is 11.0. The predicted molar refractivity (Wildman–Crippen MR) is 143 cm³/mol. The Morgan fingerprint density at radius 1 is 1.03 bits per heavy atom. The van der Waals surface area contributed by atoms with Gasteiger partial charge in [0.25, 0.3) is 5.91 Å². The fraction of sp³-hybridized carbons (Fsp3) is 0.267. The van der Waals surface area contributed by atoms with Crippen LogP contribution in [0.25, 0.3) is 10.9 Å². The number of aromatic nitrogens is 2. The summed E-state index contributed by atoms with van der Waals surface area (Å²) in [5, 5.41) is 4.06. The number of rotatable bonds is 11. The molecule has 0 saturated carbocycles. The molecule has 37 heavy (non-hydrogen) atoms. The largest absolute Gasteiger partial charge is 0.467 e. The monoisotopic (exact) mass is 496 g/mol. The van der Waals surface area contributed by atoms with Crippen molar-refractivity contribution in [3.63, 3.8) is 0 Å². The van der Waals surface area contributed by atoms with Crippen molar-refractivity contribution in [2.45, 2.75) is 45.8 Å². The van der Waals surface area contributed by atoms with Crippen LogP contribution in [0.1, 0.15) is 58.6 Å². The third kappa shape index (κ3) is 6.19. The van der Waals surface area contributed by atoms with Gasteiger partial charge in [0.15, 0.2) is 5.69 Å². The van der Waals surface area contributed by atoms with E-state index in [1.807, 2.05) is 12.1 Å². The van der Waals surface area contributed by atoms with E-state index in [1.165, 1.54) is 28.3 Å². The van der Waals surface area contributed by atoms with Crippen molar-refractivity contribution < 1.29 is 13.6 Å². The molecule has 0 fully saturated rings. The van der Waals surface area contributed by atoms with Gasteiger partial charge in [-0.3, -0.25) is 9.69 Å². The fourth-order valence-corrected chi connectivity index (χ4v) is 4.45. The molecule has 7 nitrogen and oxygen atoms in total. The van der Waals surface area contributed by atoms with Crippen LogP contribution in [0.4, 0.5) is 0 Å². The summed E-state index contributed by atoms with van der Waals surface area (Å²) in [4.78, 5) is 22.7. The first-order chi connectivity index (χ1) is 18.0. The summed E-state index contributed by atoms with van der Waals surface area (Å²) in [6.45, 7) is 6.77. The lowest BCUT2D eigenvalue weighted by Crippen LogP contribution is -2.26. The summed E-state index contributed by atoms with van der Waals surface area (Å²) in [5.74, 6) is 1.41. The molecular weight excluding hydrogens is 464 g/mol. The summed E-state index contributed by atoms with van der Waals surface area (Å²) >= 11 is 0. The SMILES string of the molecule is CC(C)c1ccc(CN(CCc2c[nH]c3ccccc23)Cc2nc(C(=O)NCc3ccco3)co2)cc1. The maximum Gasteiger partial charge on any atom is 0.273 e. The van der Waals surface area contributed by atoms with Gasteiger partial charge < -0.3 is 19.1 Å².